The van der Waals surface area contributed by atoms with Gasteiger partial charge >= 0.3 is 0 Å². The third-order valence-corrected chi connectivity index (χ3v) is 5.74. The summed E-state index contributed by atoms with van der Waals surface area (Å²) in [6.07, 6.45) is 1.81. The third kappa shape index (κ3) is 3.01. The van der Waals surface area contributed by atoms with Gasteiger partial charge in [0.25, 0.3) is 0 Å². The van der Waals surface area contributed by atoms with E-state index in [1.54, 1.807) is 11.3 Å². The van der Waals surface area contributed by atoms with Crippen molar-refractivity contribution in [1.29, 1.82) is 0 Å². The van der Waals surface area contributed by atoms with Gasteiger partial charge in [-0.3, -0.25) is 4.98 Å². The number of nitrogens with one attached hydrogen (secondary N) is 1. The highest BCUT2D eigenvalue weighted by Gasteiger charge is 2.06. The largest absolute Gasteiger partial charge is 0.378 e. The summed E-state index contributed by atoms with van der Waals surface area (Å²) in [6.45, 7) is 0.729. The van der Waals surface area contributed by atoms with E-state index >= 15 is 0 Å². The minimum atomic E-state index is 0.729. The van der Waals surface area contributed by atoms with Crippen molar-refractivity contribution in [3.05, 3.63) is 54.7 Å². The van der Waals surface area contributed by atoms with E-state index < -0.39 is 0 Å². The molecule has 3 aromatic rings. The number of pyridine rings is 1. The zero-order chi connectivity index (χ0) is 14.1. The van der Waals surface area contributed by atoms with Gasteiger partial charge in [-0.1, -0.05) is 23.7 Å². The van der Waals surface area contributed by atoms with Crippen molar-refractivity contribution in [2.75, 3.05) is 5.32 Å². The topological polar surface area (TPSA) is 24.9 Å². The Morgan fingerprint density at radius 2 is 2.10 bits per heavy atom. The average Bonchev–Trinajstić information content (AvgIpc) is 2.75. The predicted molar refractivity (Wildman–Crippen MR) is 93.8 cm³/mol. The van der Waals surface area contributed by atoms with Crippen LogP contribution in [0, 0.1) is 0 Å². The van der Waals surface area contributed by atoms with Gasteiger partial charge in [-0.25, -0.2) is 0 Å². The van der Waals surface area contributed by atoms with E-state index in [0.717, 1.165) is 36.4 Å². The molecule has 0 bridgehead atoms. The summed E-state index contributed by atoms with van der Waals surface area (Å²) in [4.78, 5) is 5.65. The Morgan fingerprint density at radius 3 is 2.85 bits per heavy atom. The Hall–Kier alpha value is -0.620. The van der Waals surface area contributed by atoms with Crippen LogP contribution in [0.4, 0.5) is 5.69 Å². The maximum atomic E-state index is 6.05. The van der Waals surface area contributed by atoms with Crippen LogP contribution in [0.2, 0.25) is 4.34 Å². The molecule has 0 fully saturated rings. The van der Waals surface area contributed by atoms with Crippen molar-refractivity contribution in [3.63, 3.8) is 0 Å². The second-order valence-electron chi connectivity index (χ2n) is 4.22. The minimum Gasteiger partial charge on any atom is -0.378 e. The number of para-hydroxylation sites is 1. The van der Waals surface area contributed by atoms with E-state index in [1.807, 2.05) is 24.4 Å². The molecule has 3 rings (SSSR count). The smallest absolute Gasteiger partial charge is 0.107 e. The molecule has 2 nitrogen and oxygen atoms in total. The van der Waals surface area contributed by atoms with Crippen LogP contribution in [0.15, 0.2) is 45.5 Å². The van der Waals surface area contributed by atoms with Crippen molar-refractivity contribution in [2.45, 2.75) is 6.54 Å². The van der Waals surface area contributed by atoms with Gasteiger partial charge in [0.15, 0.2) is 0 Å². The van der Waals surface area contributed by atoms with Crippen LogP contribution < -0.4 is 5.32 Å². The van der Waals surface area contributed by atoms with E-state index in [1.165, 1.54) is 4.88 Å². The van der Waals surface area contributed by atoms with E-state index in [9.17, 15) is 0 Å². The lowest BCUT2D eigenvalue weighted by Gasteiger charge is -2.08. The van der Waals surface area contributed by atoms with Gasteiger partial charge < -0.3 is 5.32 Å². The molecule has 102 valence electrons. The van der Waals surface area contributed by atoms with Crippen LogP contribution in [0.1, 0.15) is 4.88 Å². The van der Waals surface area contributed by atoms with Gasteiger partial charge in [0.2, 0.25) is 0 Å². The number of thiophene rings is 1. The highest BCUT2D eigenvalue weighted by Crippen LogP contribution is 2.32. The molecule has 0 aliphatic carbocycles. The molecule has 0 unspecified atom stereocenters. The molecule has 0 aliphatic heterocycles. The van der Waals surface area contributed by atoms with E-state index in [4.69, 9.17) is 11.6 Å². The summed E-state index contributed by atoms with van der Waals surface area (Å²) in [5.41, 5.74) is 1.99. The Morgan fingerprint density at radius 1 is 1.25 bits per heavy atom. The Bertz CT molecular complexity index is 753. The monoisotopic (exact) mass is 430 g/mol. The molecule has 2 aromatic heterocycles. The highest BCUT2D eigenvalue weighted by atomic mass is 79.9. The Kier molecular flexibility index (Phi) is 4.31. The van der Waals surface area contributed by atoms with Crippen LogP contribution in [-0.4, -0.2) is 4.98 Å². The molecule has 0 amide bonds. The van der Waals surface area contributed by atoms with E-state index in [0.29, 0.717) is 0 Å². The fourth-order valence-electron chi connectivity index (χ4n) is 1.94. The molecule has 0 spiro atoms. The number of rotatable bonds is 3. The number of anilines is 1. The molecule has 1 N–H and O–H groups in total. The Balaban J connectivity index is 1.87. The van der Waals surface area contributed by atoms with E-state index in [2.05, 4.69) is 54.3 Å². The molecular weight excluding hydrogens is 423 g/mol. The van der Waals surface area contributed by atoms with Crippen molar-refractivity contribution < 1.29 is 0 Å². The fourth-order valence-corrected chi connectivity index (χ4v) is 4.02. The van der Waals surface area contributed by atoms with Gasteiger partial charge in [-0.05, 0) is 50.1 Å². The summed E-state index contributed by atoms with van der Waals surface area (Å²) in [5.74, 6) is 0. The minimum absolute atomic E-state index is 0.729. The lowest BCUT2D eigenvalue weighted by molar-refractivity contribution is 1.19. The first-order valence-electron chi connectivity index (χ1n) is 5.85. The first-order valence-corrected chi connectivity index (χ1v) is 8.63. The van der Waals surface area contributed by atoms with Crippen LogP contribution in [0.25, 0.3) is 10.9 Å². The SMILES string of the molecule is Clc1sc(CNc2cccc3cc(Br)cnc23)cc1Br. The van der Waals surface area contributed by atoms with Crippen LogP contribution in [0.5, 0.6) is 0 Å². The number of hydrogen-bond donors (Lipinski definition) is 1. The highest BCUT2D eigenvalue weighted by molar-refractivity contribution is 9.10. The van der Waals surface area contributed by atoms with Crippen molar-refractivity contribution in [3.8, 4) is 0 Å². The summed E-state index contributed by atoms with van der Waals surface area (Å²) in [7, 11) is 0. The molecule has 0 saturated heterocycles. The van der Waals surface area contributed by atoms with Gasteiger partial charge in [0.05, 0.1) is 11.2 Å². The number of halogens is 3. The van der Waals surface area contributed by atoms with Crippen molar-refractivity contribution >= 4 is 71.4 Å². The summed E-state index contributed by atoms with van der Waals surface area (Å²) < 4.78 is 2.71. The Labute approximate surface area is 142 Å². The predicted octanol–water partition coefficient (Wildman–Crippen LogP) is 6.09. The molecule has 0 atom stereocenters. The van der Waals surface area contributed by atoms with Gasteiger partial charge in [0.1, 0.15) is 4.34 Å². The van der Waals surface area contributed by atoms with Gasteiger partial charge in [-0.15, -0.1) is 11.3 Å². The first-order chi connectivity index (χ1) is 9.63. The molecule has 6 heteroatoms. The first kappa shape index (κ1) is 14.3. The van der Waals surface area contributed by atoms with Crippen LogP contribution in [-0.2, 0) is 6.54 Å². The molecular formula is C14H9Br2ClN2S. The molecule has 20 heavy (non-hydrogen) atoms. The van der Waals surface area contributed by atoms with Crippen LogP contribution >= 0.6 is 54.8 Å². The lowest BCUT2D eigenvalue weighted by Crippen LogP contribution is -1.98. The second kappa shape index (κ2) is 6.02. The third-order valence-electron chi connectivity index (χ3n) is 2.83. The zero-order valence-electron chi connectivity index (χ0n) is 10.2. The average molecular weight is 433 g/mol. The van der Waals surface area contributed by atoms with Crippen molar-refractivity contribution in [1.82, 2.24) is 4.98 Å². The number of fused-ring (bicyclic) bond motifs is 1. The van der Waals surface area contributed by atoms with Crippen LogP contribution in [0.3, 0.4) is 0 Å². The molecule has 2 heterocycles. The zero-order valence-corrected chi connectivity index (χ0v) is 14.9. The maximum Gasteiger partial charge on any atom is 0.107 e. The molecule has 1 aromatic carbocycles. The second-order valence-corrected chi connectivity index (χ2v) is 7.73. The molecule has 0 aliphatic rings. The number of hydrogen-bond acceptors (Lipinski definition) is 3. The summed E-state index contributed by atoms with van der Waals surface area (Å²) in [5, 5.41) is 4.52. The van der Waals surface area contributed by atoms with Crippen molar-refractivity contribution in [2.24, 2.45) is 0 Å². The van der Waals surface area contributed by atoms with E-state index in [-0.39, 0.29) is 0 Å². The quantitative estimate of drug-likeness (QED) is 0.542. The maximum absolute atomic E-state index is 6.05. The fraction of sp³-hybridized carbons (Fsp3) is 0.0714. The normalized spacial score (nSPS) is 10.9. The standard InChI is InChI=1S/C14H9Br2ClN2S/c15-9-4-8-2-1-3-12(13(8)19-6-9)18-7-10-5-11(16)14(17)20-10/h1-6,18H,7H2. The number of nitrogens with zero attached hydrogens (tertiary/aromatic N) is 1. The number of benzene rings is 1. The van der Waals surface area contributed by atoms with Gasteiger partial charge in [-0.2, -0.15) is 0 Å². The molecule has 0 radical (unpaired) electrons. The summed E-state index contributed by atoms with van der Waals surface area (Å²) >= 11 is 14.5. The lowest BCUT2D eigenvalue weighted by atomic mass is 10.2. The summed E-state index contributed by atoms with van der Waals surface area (Å²) in [6, 6.07) is 10.2. The van der Waals surface area contributed by atoms with Gasteiger partial charge in [0, 0.05) is 32.0 Å². The number of aromatic nitrogens is 1. The molecule has 0 saturated carbocycles.